The highest BCUT2D eigenvalue weighted by Crippen LogP contribution is 2.28. The van der Waals surface area contributed by atoms with E-state index >= 15 is 0 Å². The number of carbonyl (C=O) groups is 1. The summed E-state index contributed by atoms with van der Waals surface area (Å²) in [5, 5.41) is 22.7. The number of nitrogens with zero attached hydrogens (tertiary/aromatic N) is 1. The zero-order chi connectivity index (χ0) is 14.4. The Hall–Kier alpha value is -1.82. The lowest BCUT2D eigenvalue weighted by Gasteiger charge is -2.14. The maximum absolute atomic E-state index is 10.9. The van der Waals surface area contributed by atoms with Crippen molar-refractivity contribution >= 4 is 28.9 Å². The topological polar surface area (TPSA) is 92.5 Å². The predicted octanol–water partition coefficient (Wildman–Crippen LogP) is 3.30. The molecular weight excluding hydrogens is 272 g/mol. The van der Waals surface area contributed by atoms with E-state index in [-0.39, 0.29) is 18.2 Å². The maximum atomic E-state index is 10.9. The van der Waals surface area contributed by atoms with Gasteiger partial charge in [0.2, 0.25) is 0 Å². The highest BCUT2D eigenvalue weighted by atomic mass is 35.5. The Labute approximate surface area is 115 Å². The van der Waals surface area contributed by atoms with Crippen LogP contribution in [0.5, 0.6) is 0 Å². The molecule has 19 heavy (non-hydrogen) atoms. The van der Waals surface area contributed by atoms with Crippen LogP contribution in [-0.2, 0) is 4.79 Å². The number of nitro benzene ring substituents is 1. The number of aliphatic carboxylic acids is 1. The molecule has 1 rings (SSSR count). The van der Waals surface area contributed by atoms with Gasteiger partial charge in [-0.25, -0.2) is 0 Å². The van der Waals surface area contributed by atoms with Gasteiger partial charge in [0.05, 0.1) is 4.92 Å². The van der Waals surface area contributed by atoms with Crippen LogP contribution >= 0.6 is 11.6 Å². The van der Waals surface area contributed by atoms with Gasteiger partial charge in [-0.2, -0.15) is 0 Å². The average Bonchev–Trinajstić information content (AvgIpc) is 2.30. The van der Waals surface area contributed by atoms with Crippen LogP contribution < -0.4 is 5.32 Å². The molecule has 1 aromatic carbocycles. The number of halogens is 1. The van der Waals surface area contributed by atoms with Crippen molar-refractivity contribution < 1.29 is 14.8 Å². The van der Waals surface area contributed by atoms with E-state index in [9.17, 15) is 14.9 Å². The zero-order valence-electron chi connectivity index (χ0n) is 10.4. The van der Waals surface area contributed by atoms with Gasteiger partial charge < -0.3 is 10.4 Å². The van der Waals surface area contributed by atoms with Gasteiger partial charge in [-0.15, -0.1) is 0 Å². The third-order valence-corrected chi connectivity index (χ3v) is 2.82. The SMILES string of the molecule is CC(CCCC(=O)O)Nc1ccc(Cl)cc1[N+](=O)[O-]. The summed E-state index contributed by atoms with van der Waals surface area (Å²) in [6, 6.07) is 4.35. The van der Waals surface area contributed by atoms with Gasteiger partial charge in [0, 0.05) is 23.6 Å². The van der Waals surface area contributed by atoms with Crippen molar-refractivity contribution in [3.8, 4) is 0 Å². The first-order valence-electron chi connectivity index (χ1n) is 5.82. The van der Waals surface area contributed by atoms with E-state index in [0.717, 1.165) is 0 Å². The summed E-state index contributed by atoms with van der Waals surface area (Å²) in [5.74, 6) is -0.843. The summed E-state index contributed by atoms with van der Waals surface area (Å²) in [4.78, 5) is 20.8. The molecule has 0 aliphatic heterocycles. The third kappa shape index (κ3) is 5.13. The largest absolute Gasteiger partial charge is 0.481 e. The normalized spacial score (nSPS) is 11.9. The number of anilines is 1. The molecule has 7 heteroatoms. The quantitative estimate of drug-likeness (QED) is 0.592. The molecule has 0 spiro atoms. The molecule has 0 saturated carbocycles. The molecule has 1 atom stereocenters. The fraction of sp³-hybridized carbons (Fsp3) is 0.417. The minimum Gasteiger partial charge on any atom is -0.481 e. The van der Waals surface area contributed by atoms with Gasteiger partial charge in [0.25, 0.3) is 5.69 Å². The number of carboxylic acid groups (broad SMARTS) is 1. The Balaban J connectivity index is 2.65. The highest BCUT2D eigenvalue weighted by Gasteiger charge is 2.15. The van der Waals surface area contributed by atoms with Crippen LogP contribution in [0.15, 0.2) is 18.2 Å². The molecule has 2 N–H and O–H groups in total. The molecule has 0 saturated heterocycles. The first-order chi connectivity index (χ1) is 8.90. The van der Waals surface area contributed by atoms with Crippen LogP contribution in [0.4, 0.5) is 11.4 Å². The fourth-order valence-corrected chi connectivity index (χ4v) is 1.84. The molecule has 0 aliphatic carbocycles. The van der Waals surface area contributed by atoms with E-state index < -0.39 is 10.9 Å². The number of carboxylic acids is 1. The van der Waals surface area contributed by atoms with Crippen molar-refractivity contribution in [2.45, 2.75) is 32.2 Å². The molecule has 0 fully saturated rings. The van der Waals surface area contributed by atoms with Crippen LogP contribution in [-0.4, -0.2) is 22.0 Å². The molecule has 0 bridgehead atoms. The standard InChI is InChI=1S/C12H15ClN2O4/c1-8(3-2-4-12(16)17)14-10-6-5-9(13)7-11(10)15(18)19/h5-8,14H,2-4H2,1H3,(H,16,17). The minimum atomic E-state index is -0.843. The summed E-state index contributed by atoms with van der Waals surface area (Å²) < 4.78 is 0. The smallest absolute Gasteiger partial charge is 0.303 e. The second-order valence-corrected chi connectivity index (χ2v) is 4.69. The molecular formula is C12H15ClN2O4. The van der Waals surface area contributed by atoms with Crippen LogP contribution in [0, 0.1) is 10.1 Å². The molecule has 104 valence electrons. The Kier molecular flexibility index (Phi) is 5.57. The van der Waals surface area contributed by atoms with E-state index in [1.54, 1.807) is 12.1 Å². The van der Waals surface area contributed by atoms with Gasteiger partial charge in [0.15, 0.2) is 0 Å². The van der Waals surface area contributed by atoms with Crippen molar-refractivity contribution in [2.24, 2.45) is 0 Å². The first kappa shape index (κ1) is 15.2. The number of hydrogen-bond donors (Lipinski definition) is 2. The molecule has 0 radical (unpaired) electrons. The summed E-state index contributed by atoms with van der Waals surface area (Å²) in [6.45, 7) is 1.85. The van der Waals surface area contributed by atoms with Gasteiger partial charge in [-0.05, 0) is 31.9 Å². The number of nitro groups is 1. The van der Waals surface area contributed by atoms with Crippen molar-refractivity contribution in [3.05, 3.63) is 33.3 Å². The Bertz CT molecular complexity index is 479. The summed E-state index contributed by atoms with van der Waals surface area (Å²) >= 11 is 5.72. The van der Waals surface area contributed by atoms with Crippen LogP contribution in [0.3, 0.4) is 0 Å². The van der Waals surface area contributed by atoms with Crippen molar-refractivity contribution in [3.63, 3.8) is 0 Å². The van der Waals surface area contributed by atoms with Crippen molar-refractivity contribution in [1.82, 2.24) is 0 Å². The van der Waals surface area contributed by atoms with Crippen molar-refractivity contribution in [1.29, 1.82) is 0 Å². The molecule has 0 aromatic heterocycles. The molecule has 0 amide bonds. The number of nitrogens with one attached hydrogen (secondary N) is 1. The van der Waals surface area contributed by atoms with Gasteiger partial charge in [-0.3, -0.25) is 14.9 Å². The lowest BCUT2D eigenvalue weighted by Crippen LogP contribution is -2.16. The number of rotatable bonds is 7. The average molecular weight is 287 g/mol. The van der Waals surface area contributed by atoms with Crippen LogP contribution in [0.25, 0.3) is 0 Å². The molecule has 0 heterocycles. The second-order valence-electron chi connectivity index (χ2n) is 4.25. The fourth-order valence-electron chi connectivity index (χ4n) is 1.68. The highest BCUT2D eigenvalue weighted by molar-refractivity contribution is 6.30. The monoisotopic (exact) mass is 286 g/mol. The summed E-state index contributed by atoms with van der Waals surface area (Å²) in [5.41, 5.74) is 0.301. The lowest BCUT2D eigenvalue weighted by atomic mass is 10.1. The van der Waals surface area contributed by atoms with E-state index in [2.05, 4.69) is 5.32 Å². The molecule has 1 unspecified atom stereocenters. The van der Waals surface area contributed by atoms with Crippen molar-refractivity contribution in [2.75, 3.05) is 5.32 Å². The van der Waals surface area contributed by atoms with Gasteiger partial charge in [-0.1, -0.05) is 11.6 Å². The van der Waals surface area contributed by atoms with E-state index in [1.165, 1.54) is 6.07 Å². The predicted molar refractivity (Wildman–Crippen MR) is 72.7 cm³/mol. The molecule has 6 nitrogen and oxygen atoms in total. The molecule has 1 aromatic rings. The van der Waals surface area contributed by atoms with E-state index in [4.69, 9.17) is 16.7 Å². The third-order valence-electron chi connectivity index (χ3n) is 2.59. The van der Waals surface area contributed by atoms with Crippen LogP contribution in [0.1, 0.15) is 26.2 Å². The Morgan fingerprint density at radius 2 is 2.26 bits per heavy atom. The lowest BCUT2D eigenvalue weighted by molar-refractivity contribution is -0.384. The minimum absolute atomic E-state index is 0.0563. The number of hydrogen-bond acceptors (Lipinski definition) is 4. The Morgan fingerprint density at radius 1 is 1.58 bits per heavy atom. The maximum Gasteiger partial charge on any atom is 0.303 e. The summed E-state index contributed by atoms with van der Waals surface area (Å²) in [6.07, 6.45) is 1.23. The summed E-state index contributed by atoms with van der Waals surface area (Å²) in [7, 11) is 0. The van der Waals surface area contributed by atoms with Crippen LogP contribution in [0.2, 0.25) is 5.02 Å². The van der Waals surface area contributed by atoms with E-state index in [1.807, 2.05) is 6.92 Å². The van der Waals surface area contributed by atoms with Gasteiger partial charge >= 0.3 is 5.97 Å². The van der Waals surface area contributed by atoms with E-state index in [0.29, 0.717) is 23.6 Å². The van der Waals surface area contributed by atoms with Gasteiger partial charge in [0.1, 0.15) is 5.69 Å². The first-order valence-corrected chi connectivity index (χ1v) is 6.20. The molecule has 0 aliphatic rings. The second kappa shape index (κ2) is 6.94. The number of benzene rings is 1. The zero-order valence-corrected chi connectivity index (χ0v) is 11.2. The Morgan fingerprint density at radius 3 is 2.84 bits per heavy atom.